The Kier molecular flexibility index (Phi) is 8.14. The summed E-state index contributed by atoms with van der Waals surface area (Å²) in [5.41, 5.74) is 0.331. The average molecular weight is 506 g/mol. The van der Waals surface area contributed by atoms with E-state index in [9.17, 15) is 26.4 Å². The number of ether oxygens (including phenoxy) is 1. The van der Waals surface area contributed by atoms with Gasteiger partial charge in [-0.05, 0) is 51.1 Å². The van der Waals surface area contributed by atoms with Crippen molar-refractivity contribution >= 4 is 32.9 Å². The van der Waals surface area contributed by atoms with Crippen molar-refractivity contribution in [2.24, 2.45) is 0 Å². The van der Waals surface area contributed by atoms with Gasteiger partial charge in [0.1, 0.15) is 5.60 Å². The lowest BCUT2D eigenvalue weighted by atomic mass is 10.1. The Morgan fingerprint density at radius 3 is 2.35 bits per heavy atom. The van der Waals surface area contributed by atoms with Gasteiger partial charge in [-0.3, -0.25) is 4.98 Å². The van der Waals surface area contributed by atoms with Crippen LogP contribution in [0.3, 0.4) is 0 Å². The first-order chi connectivity index (χ1) is 15.5. The summed E-state index contributed by atoms with van der Waals surface area (Å²) < 4.78 is 64.7. The third-order valence-electron chi connectivity index (χ3n) is 4.69. The number of aryl methyl sites for hydroxylation is 1. The summed E-state index contributed by atoms with van der Waals surface area (Å²) in [7, 11) is -3.68. The summed E-state index contributed by atoms with van der Waals surface area (Å²) >= 11 is 0. The number of rotatable bonds is 3. The highest BCUT2D eigenvalue weighted by Gasteiger charge is 2.38. The third kappa shape index (κ3) is 7.03. The topological polar surface area (TPSA) is 126 Å². The van der Waals surface area contributed by atoms with Crippen LogP contribution < -0.4 is 5.32 Å². The summed E-state index contributed by atoms with van der Waals surface area (Å²) in [6, 6.07) is 4.97. The number of hydrogen-bond donors (Lipinski definition) is 2. The number of alkyl halides is 3. The van der Waals surface area contributed by atoms with Crippen molar-refractivity contribution in [3.05, 3.63) is 36.2 Å². The molecule has 3 rings (SSSR count). The number of aromatic nitrogens is 1. The van der Waals surface area contributed by atoms with Gasteiger partial charge < -0.3 is 15.2 Å². The van der Waals surface area contributed by atoms with Crippen molar-refractivity contribution in [2.45, 2.75) is 56.8 Å². The number of carbonyl (C=O) groups excluding carboxylic acids is 1. The standard InChI is InChI=1S/C19H25N3O4S.C2HF3O2/c1-13-10-20-11-16-15(13)6-5-7-17(16)27(24,25)22-9-8-14(12-22)21-18(23)26-19(2,3)4;3-2(4,5)1(6)7/h5-7,10-11,14H,8-9,12H2,1-4H3,(H,21,23);(H,6,7)/t14-;/m1./s1. The van der Waals surface area contributed by atoms with E-state index in [0.717, 1.165) is 10.9 Å². The Labute approximate surface area is 195 Å². The molecule has 188 valence electrons. The second-order valence-corrected chi connectivity index (χ2v) is 10.5. The number of carboxylic acids is 1. The molecule has 1 aromatic carbocycles. The number of nitrogens with zero attached hydrogens (tertiary/aromatic N) is 2. The summed E-state index contributed by atoms with van der Waals surface area (Å²) in [5.74, 6) is -2.76. The molecule has 2 N–H and O–H groups in total. The SMILES string of the molecule is Cc1cncc2c(S(=O)(=O)N3CC[C@@H](NC(=O)OC(C)(C)C)C3)cccc12.O=C(O)C(F)(F)F. The number of halogens is 3. The minimum absolute atomic E-state index is 0.219. The predicted octanol–water partition coefficient (Wildman–Crippen LogP) is 3.46. The largest absolute Gasteiger partial charge is 0.490 e. The molecule has 1 fully saturated rings. The van der Waals surface area contributed by atoms with Gasteiger partial charge in [-0.1, -0.05) is 12.1 Å². The Bertz CT molecular complexity index is 1160. The Balaban J connectivity index is 0.000000509. The number of amides is 1. The number of nitrogens with one attached hydrogen (secondary N) is 1. The van der Waals surface area contributed by atoms with Crippen molar-refractivity contribution in [3.63, 3.8) is 0 Å². The number of alkyl carbamates (subject to hydrolysis) is 1. The summed E-state index contributed by atoms with van der Waals surface area (Å²) in [5, 5.41) is 11.4. The number of aliphatic carboxylic acids is 1. The minimum Gasteiger partial charge on any atom is -0.475 e. The molecule has 0 unspecified atom stereocenters. The van der Waals surface area contributed by atoms with Crippen LogP contribution in [0.2, 0.25) is 0 Å². The molecule has 2 aromatic rings. The molecule has 0 aliphatic carbocycles. The molecule has 1 saturated heterocycles. The van der Waals surface area contributed by atoms with E-state index >= 15 is 0 Å². The zero-order valence-corrected chi connectivity index (χ0v) is 19.8. The van der Waals surface area contributed by atoms with Crippen LogP contribution in [0.5, 0.6) is 0 Å². The molecule has 2 heterocycles. The maximum absolute atomic E-state index is 13.2. The van der Waals surface area contributed by atoms with E-state index in [-0.39, 0.29) is 17.5 Å². The summed E-state index contributed by atoms with van der Waals surface area (Å²) in [6.07, 6.45) is -1.77. The maximum atomic E-state index is 13.2. The molecule has 9 nitrogen and oxygen atoms in total. The molecule has 0 radical (unpaired) electrons. The van der Waals surface area contributed by atoms with E-state index in [1.54, 1.807) is 45.3 Å². The number of benzene rings is 1. The van der Waals surface area contributed by atoms with E-state index in [0.29, 0.717) is 18.4 Å². The lowest BCUT2D eigenvalue weighted by molar-refractivity contribution is -0.192. The fourth-order valence-corrected chi connectivity index (χ4v) is 4.91. The van der Waals surface area contributed by atoms with Crippen molar-refractivity contribution in [2.75, 3.05) is 13.1 Å². The number of carbonyl (C=O) groups is 2. The number of hydrogen-bond acceptors (Lipinski definition) is 6. The summed E-state index contributed by atoms with van der Waals surface area (Å²) in [6.45, 7) is 7.83. The molecule has 0 bridgehead atoms. The average Bonchev–Trinajstić information content (AvgIpc) is 3.15. The molecule has 0 saturated carbocycles. The fraction of sp³-hybridized carbons (Fsp3) is 0.476. The van der Waals surface area contributed by atoms with Gasteiger partial charge in [-0.2, -0.15) is 17.5 Å². The molecule has 13 heteroatoms. The van der Waals surface area contributed by atoms with E-state index in [1.165, 1.54) is 4.31 Å². The van der Waals surface area contributed by atoms with E-state index < -0.39 is 33.9 Å². The van der Waals surface area contributed by atoms with Crippen molar-refractivity contribution < 1.29 is 41.0 Å². The van der Waals surface area contributed by atoms with Crippen LogP contribution in [0.15, 0.2) is 35.5 Å². The Hall–Kier alpha value is -2.93. The van der Waals surface area contributed by atoms with Crippen LogP contribution in [0.4, 0.5) is 18.0 Å². The van der Waals surface area contributed by atoms with Crippen LogP contribution >= 0.6 is 0 Å². The van der Waals surface area contributed by atoms with Gasteiger partial charge in [0, 0.05) is 36.9 Å². The second kappa shape index (κ2) is 10.1. The van der Waals surface area contributed by atoms with Crippen molar-refractivity contribution in [1.82, 2.24) is 14.6 Å². The molecule has 1 aliphatic heterocycles. The first kappa shape index (κ1) is 27.3. The van der Waals surface area contributed by atoms with E-state index in [2.05, 4.69) is 10.3 Å². The van der Waals surface area contributed by atoms with E-state index in [4.69, 9.17) is 14.6 Å². The van der Waals surface area contributed by atoms with Gasteiger partial charge >= 0.3 is 18.2 Å². The van der Waals surface area contributed by atoms with Gasteiger partial charge in [0.15, 0.2) is 0 Å². The van der Waals surface area contributed by atoms with Crippen LogP contribution in [0.25, 0.3) is 10.8 Å². The van der Waals surface area contributed by atoms with Crippen LogP contribution in [0.1, 0.15) is 32.8 Å². The predicted molar refractivity (Wildman–Crippen MR) is 117 cm³/mol. The lowest BCUT2D eigenvalue weighted by Gasteiger charge is -2.22. The molecule has 1 atom stereocenters. The highest BCUT2D eigenvalue weighted by atomic mass is 32.2. The molecular formula is C21H26F3N3O6S. The van der Waals surface area contributed by atoms with Crippen LogP contribution in [0, 0.1) is 6.92 Å². The number of pyridine rings is 1. The van der Waals surface area contributed by atoms with E-state index in [1.807, 2.05) is 13.0 Å². The molecule has 0 spiro atoms. The molecule has 1 aliphatic rings. The number of fused-ring (bicyclic) bond motifs is 1. The smallest absolute Gasteiger partial charge is 0.475 e. The number of sulfonamides is 1. The fourth-order valence-electron chi connectivity index (χ4n) is 3.22. The highest BCUT2D eigenvalue weighted by molar-refractivity contribution is 7.89. The molecule has 1 amide bonds. The third-order valence-corrected chi connectivity index (χ3v) is 6.62. The quantitative estimate of drug-likeness (QED) is 0.654. The van der Waals surface area contributed by atoms with Gasteiger partial charge in [-0.25, -0.2) is 18.0 Å². The van der Waals surface area contributed by atoms with Gasteiger partial charge in [0.25, 0.3) is 0 Å². The molecular weight excluding hydrogens is 479 g/mol. The first-order valence-corrected chi connectivity index (χ1v) is 11.6. The van der Waals surface area contributed by atoms with Gasteiger partial charge in [0.05, 0.1) is 4.90 Å². The zero-order chi connectivity index (χ0) is 25.9. The minimum atomic E-state index is -5.08. The van der Waals surface area contributed by atoms with Crippen molar-refractivity contribution in [1.29, 1.82) is 0 Å². The van der Waals surface area contributed by atoms with Crippen LogP contribution in [-0.4, -0.2) is 65.8 Å². The Morgan fingerprint density at radius 2 is 1.79 bits per heavy atom. The Morgan fingerprint density at radius 1 is 1.18 bits per heavy atom. The zero-order valence-electron chi connectivity index (χ0n) is 19.0. The normalized spacial score (nSPS) is 17.1. The second-order valence-electron chi connectivity index (χ2n) is 8.61. The maximum Gasteiger partial charge on any atom is 0.490 e. The lowest BCUT2D eigenvalue weighted by Crippen LogP contribution is -2.41. The van der Waals surface area contributed by atoms with Gasteiger partial charge in [-0.15, -0.1) is 0 Å². The first-order valence-electron chi connectivity index (χ1n) is 10.2. The van der Waals surface area contributed by atoms with Gasteiger partial charge in [0.2, 0.25) is 10.0 Å². The molecule has 34 heavy (non-hydrogen) atoms. The molecule has 1 aromatic heterocycles. The van der Waals surface area contributed by atoms with Crippen molar-refractivity contribution in [3.8, 4) is 0 Å². The number of carboxylic acid groups (broad SMARTS) is 1. The van der Waals surface area contributed by atoms with Crippen LogP contribution in [-0.2, 0) is 19.6 Å². The monoisotopic (exact) mass is 505 g/mol. The summed E-state index contributed by atoms with van der Waals surface area (Å²) in [4.78, 5) is 25.2. The highest BCUT2D eigenvalue weighted by Crippen LogP contribution is 2.29.